The lowest BCUT2D eigenvalue weighted by Gasteiger charge is -2.45. The Morgan fingerprint density at radius 1 is 1.24 bits per heavy atom. The van der Waals surface area contributed by atoms with Crippen molar-refractivity contribution < 1.29 is 0 Å². The number of nitrogens with one attached hydrogen (secondary N) is 1. The molecule has 116 valence electrons. The number of benzene rings is 1. The SMILES string of the molecule is CN(C)c1cccc(CN2CCCC3(CCCNC3)C2)c1. The number of anilines is 1. The van der Waals surface area contributed by atoms with Gasteiger partial charge in [0.15, 0.2) is 0 Å². The summed E-state index contributed by atoms with van der Waals surface area (Å²) in [6, 6.07) is 8.98. The van der Waals surface area contributed by atoms with Gasteiger partial charge >= 0.3 is 0 Å². The molecular formula is C18H29N3. The van der Waals surface area contributed by atoms with Gasteiger partial charge in [-0.2, -0.15) is 0 Å². The van der Waals surface area contributed by atoms with Crippen molar-refractivity contribution >= 4 is 5.69 Å². The minimum absolute atomic E-state index is 0.551. The van der Waals surface area contributed by atoms with Crippen LogP contribution in [0.25, 0.3) is 0 Å². The van der Waals surface area contributed by atoms with Gasteiger partial charge in [-0.15, -0.1) is 0 Å². The van der Waals surface area contributed by atoms with E-state index in [9.17, 15) is 0 Å². The second kappa shape index (κ2) is 6.37. The molecule has 0 amide bonds. The molecule has 1 aromatic carbocycles. The van der Waals surface area contributed by atoms with Gasteiger partial charge in [0, 0.05) is 39.4 Å². The summed E-state index contributed by atoms with van der Waals surface area (Å²) in [5, 5.41) is 3.62. The average Bonchev–Trinajstić information content (AvgIpc) is 2.48. The molecule has 2 aliphatic rings. The zero-order chi connectivity index (χ0) is 14.7. The zero-order valence-corrected chi connectivity index (χ0v) is 13.6. The molecular weight excluding hydrogens is 258 g/mol. The molecule has 3 nitrogen and oxygen atoms in total. The van der Waals surface area contributed by atoms with Crippen LogP contribution in [-0.4, -0.2) is 45.2 Å². The third kappa shape index (κ3) is 3.58. The lowest BCUT2D eigenvalue weighted by Crippen LogP contribution is -2.50. The third-order valence-corrected chi connectivity index (χ3v) is 5.13. The van der Waals surface area contributed by atoms with E-state index in [1.54, 1.807) is 0 Å². The van der Waals surface area contributed by atoms with Crippen LogP contribution in [0.4, 0.5) is 5.69 Å². The molecule has 1 unspecified atom stereocenters. The Bertz CT molecular complexity index is 458. The van der Waals surface area contributed by atoms with Crippen LogP contribution >= 0.6 is 0 Å². The molecule has 2 fully saturated rings. The first-order chi connectivity index (χ1) is 10.2. The molecule has 2 heterocycles. The van der Waals surface area contributed by atoms with Gasteiger partial charge in [-0.25, -0.2) is 0 Å². The Morgan fingerprint density at radius 2 is 2.10 bits per heavy atom. The molecule has 0 bridgehead atoms. The van der Waals surface area contributed by atoms with Gasteiger partial charge in [0.1, 0.15) is 0 Å². The molecule has 3 rings (SSSR count). The Balaban J connectivity index is 1.65. The van der Waals surface area contributed by atoms with E-state index < -0.39 is 0 Å². The second-order valence-electron chi connectivity index (χ2n) is 7.16. The molecule has 3 heteroatoms. The van der Waals surface area contributed by atoms with E-state index in [0.29, 0.717) is 5.41 Å². The third-order valence-electron chi connectivity index (χ3n) is 5.13. The first-order valence-electron chi connectivity index (χ1n) is 8.36. The summed E-state index contributed by atoms with van der Waals surface area (Å²) in [5.41, 5.74) is 3.30. The highest BCUT2D eigenvalue weighted by Crippen LogP contribution is 2.36. The van der Waals surface area contributed by atoms with Gasteiger partial charge < -0.3 is 10.2 Å². The first-order valence-corrected chi connectivity index (χ1v) is 8.36. The van der Waals surface area contributed by atoms with Crippen LogP contribution in [0.2, 0.25) is 0 Å². The summed E-state index contributed by atoms with van der Waals surface area (Å²) in [5.74, 6) is 0. The second-order valence-corrected chi connectivity index (χ2v) is 7.16. The van der Waals surface area contributed by atoms with E-state index in [2.05, 4.69) is 53.5 Å². The highest BCUT2D eigenvalue weighted by molar-refractivity contribution is 5.47. The van der Waals surface area contributed by atoms with Crippen molar-refractivity contribution in [3.63, 3.8) is 0 Å². The predicted octanol–water partition coefficient (Wildman–Crippen LogP) is 2.72. The maximum Gasteiger partial charge on any atom is 0.0364 e. The lowest BCUT2D eigenvalue weighted by molar-refractivity contribution is 0.0601. The van der Waals surface area contributed by atoms with Crippen LogP contribution in [-0.2, 0) is 6.54 Å². The number of hydrogen-bond donors (Lipinski definition) is 1. The summed E-state index contributed by atoms with van der Waals surface area (Å²) in [7, 11) is 4.23. The van der Waals surface area contributed by atoms with E-state index >= 15 is 0 Å². The van der Waals surface area contributed by atoms with Crippen molar-refractivity contribution in [1.29, 1.82) is 0 Å². The van der Waals surface area contributed by atoms with Crippen LogP contribution in [0.5, 0.6) is 0 Å². The molecule has 0 aliphatic carbocycles. The molecule has 2 aliphatic heterocycles. The fourth-order valence-electron chi connectivity index (χ4n) is 4.01. The van der Waals surface area contributed by atoms with Crippen LogP contribution in [0.15, 0.2) is 24.3 Å². The number of likely N-dealkylation sites (tertiary alicyclic amines) is 1. The zero-order valence-electron chi connectivity index (χ0n) is 13.6. The van der Waals surface area contributed by atoms with E-state index in [4.69, 9.17) is 0 Å². The summed E-state index contributed by atoms with van der Waals surface area (Å²) in [6.45, 7) is 6.07. The number of hydrogen-bond acceptors (Lipinski definition) is 3. The van der Waals surface area contributed by atoms with Gasteiger partial charge in [0.25, 0.3) is 0 Å². The largest absolute Gasteiger partial charge is 0.378 e. The molecule has 21 heavy (non-hydrogen) atoms. The van der Waals surface area contributed by atoms with Crippen molar-refractivity contribution in [3.05, 3.63) is 29.8 Å². The van der Waals surface area contributed by atoms with Crippen LogP contribution < -0.4 is 10.2 Å². The standard InChI is InChI=1S/C18H29N3/c1-20(2)17-7-3-6-16(12-17)13-21-11-5-9-18(15-21)8-4-10-19-14-18/h3,6-7,12,19H,4-5,8-11,13-15H2,1-2H3. The molecule has 0 saturated carbocycles. The lowest BCUT2D eigenvalue weighted by atomic mass is 9.74. The summed E-state index contributed by atoms with van der Waals surface area (Å²) in [4.78, 5) is 4.86. The maximum absolute atomic E-state index is 3.62. The van der Waals surface area contributed by atoms with Crippen molar-refractivity contribution in [1.82, 2.24) is 10.2 Å². The maximum atomic E-state index is 3.62. The molecule has 0 radical (unpaired) electrons. The van der Waals surface area contributed by atoms with Crippen LogP contribution in [0, 0.1) is 5.41 Å². The molecule has 1 atom stereocenters. The van der Waals surface area contributed by atoms with E-state index in [0.717, 1.165) is 6.54 Å². The first kappa shape index (κ1) is 14.9. The molecule has 0 aromatic heterocycles. The van der Waals surface area contributed by atoms with Crippen LogP contribution in [0.3, 0.4) is 0 Å². The molecule has 1 aromatic rings. The fourth-order valence-corrected chi connectivity index (χ4v) is 4.01. The minimum Gasteiger partial charge on any atom is -0.378 e. The summed E-state index contributed by atoms with van der Waals surface area (Å²) >= 11 is 0. The van der Waals surface area contributed by atoms with E-state index in [-0.39, 0.29) is 0 Å². The quantitative estimate of drug-likeness (QED) is 0.922. The topological polar surface area (TPSA) is 18.5 Å². The van der Waals surface area contributed by atoms with Crippen molar-refractivity contribution in [2.75, 3.05) is 45.2 Å². The Hall–Kier alpha value is -1.06. The number of piperidine rings is 2. The highest BCUT2D eigenvalue weighted by atomic mass is 15.1. The van der Waals surface area contributed by atoms with Gasteiger partial charge in [-0.3, -0.25) is 4.90 Å². The highest BCUT2D eigenvalue weighted by Gasteiger charge is 2.36. The average molecular weight is 287 g/mol. The monoisotopic (exact) mass is 287 g/mol. The predicted molar refractivity (Wildman–Crippen MR) is 89.8 cm³/mol. The Morgan fingerprint density at radius 3 is 2.86 bits per heavy atom. The van der Waals surface area contributed by atoms with E-state index in [1.165, 1.54) is 63.1 Å². The molecule has 2 saturated heterocycles. The minimum atomic E-state index is 0.551. The summed E-state index contributed by atoms with van der Waals surface area (Å²) in [6.07, 6.45) is 5.53. The number of nitrogens with zero attached hydrogens (tertiary/aromatic N) is 2. The normalized spacial score (nSPS) is 27.0. The van der Waals surface area contributed by atoms with Gasteiger partial charge in [0.2, 0.25) is 0 Å². The Labute approximate surface area is 129 Å². The van der Waals surface area contributed by atoms with Crippen molar-refractivity contribution in [3.8, 4) is 0 Å². The van der Waals surface area contributed by atoms with Gasteiger partial charge in [0.05, 0.1) is 0 Å². The smallest absolute Gasteiger partial charge is 0.0364 e. The summed E-state index contributed by atoms with van der Waals surface area (Å²) < 4.78 is 0. The van der Waals surface area contributed by atoms with Crippen molar-refractivity contribution in [2.24, 2.45) is 5.41 Å². The fraction of sp³-hybridized carbons (Fsp3) is 0.667. The van der Waals surface area contributed by atoms with Gasteiger partial charge in [-0.05, 0) is 61.9 Å². The molecule has 1 spiro atoms. The van der Waals surface area contributed by atoms with Gasteiger partial charge in [-0.1, -0.05) is 12.1 Å². The number of rotatable bonds is 3. The van der Waals surface area contributed by atoms with Crippen molar-refractivity contribution in [2.45, 2.75) is 32.2 Å². The van der Waals surface area contributed by atoms with E-state index in [1.807, 2.05) is 0 Å². The van der Waals surface area contributed by atoms with Crippen LogP contribution in [0.1, 0.15) is 31.2 Å². The molecule has 1 N–H and O–H groups in total. The Kier molecular flexibility index (Phi) is 4.51.